The summed E-state index contributed by atoms with van der Waals surface area (Å²) < 4.78 is 0. The molecule has 1 fully saturated rings. The summed E-state index contributed by atoms with van der Waals surface area (Å²) in [6.45, 7) is 2.89. The number of rotatable bonds is 4. The number of piperidine rings is 1. The van der Waals surface area contributed by atoms with Gasteiger partial charge in [0.15, 0.2) is 0 Å². The fourth-order valence-corrected chi connectivity index (χ4v) is 4.80. The quantitative estimate of drug-likeness (QED) is 0.636. The zero-order valence-corrected chi connectivity index (χ0v) is 18.5. The summed E-state index contributed by atoms with van der Waals surface area (Å²) in [5.74, 6) is -1.28. The maximum absolute atomic E-state index is 13.0. The molecule has 2 atom stereocenters. The first kappa shape index (κ1) is 21.6. The molecule has 2 aromatic rings. The Bertz CT molecular complexity index is 1070. The van der Waals surface area contributed by atoms with E-state index < -0.39 is 17.4 Å². The summed E-state index contributed by atoms with van der Waals surface area (Å²) in [7, 11) is 0. The van der Waals surface area contributed by atoms with Crippen LogP contribution in [-0.4, -0.2) is 34.4 Å². The molecule has 1 aromatic carbocycles. The van der Waals surface area contributed by atoms with Crippen molar-refractivity contribution in [1.29, 1.82) is 0 Å². The minimum Gasteiger partial charge on any atom is -0.339 e. The average molecular weight is 464 g/mol. The highest BCUT2D eigenvalue weighted by Crippen LogP contribution is 2.32. The van der Waals surface area contributed by atoms with E-state index >= 15 is 0 Å². The molecule has 3 N–H and O–H groups in total. The highest BCUT2D eigenvalue weighted by Gasteiger charge is 2.36. The third kappa shape index (κ3) is 4.55. The molecule has 164 valence electrons. The Morgan fingerprint density at radius 3 is 2.68 bits per heavy atom. The molecule has 0 bridgehead atoms. The van der Waals surface area contributed by atoms with E-state index in [4.69, 9.17) is 23.2 Å². The van der Waals surface area contributed by atoms with Crippen LogP contribution in [-0.2, 0) is 9.59 Å². The second-order valence-corrected chi connectivity index (χ2v) is 8.73. The van der Waals surface area contributed by atoms with Crippen LogP contribution in [0.3, 0.4) is 0 Å². The zero-order chi connectivity index (χ0) is 22.1. The van der Waals surface area contributed by atoms with Crippen LogP contribution in [0.15, 0.2) is 23.0 Å². The van der Waals surface area contributed by atoms with Gasteiger partial charge in [0.2, 0.25) is 17.8 Å². The predicted octanol–water partition coefficient (Wildman–Crippen LogP) is 3.91. The van der Waals surface area contributed by atoms with Crippen LogP contribution in [0.5, 0.6) is 0 Å². The Kier molecular flexibility index (Phi) is 6.20. The number of hydrogen-bond donors (Lipinski definition) is 3. The van der Waals surface area contributed by atoms with E-state index in [1.165, 1.54) is 0 Å². The van der Waals surface area contributed by atoms with Crippen molar-refractivity contribution >= 4 is 52.5 Å². The van der Waals surface area contributed by atoms with E-state index in [1.54, 1.807) is 18.2 Å². The largest absolute Gasteiger partial charge is 0.339 e. The van der Waals surface area contributed by atoms with E-state index in [1.807, 2.05) is 0 Å². The molecule has 0 saturated carbocycles. The van der Waals surface area contributed by atoms with Gasteiger partial charge in [0.1, 0.15) is 5.82 Å². The van der Waals surface area contributed by atoms with Gasteiger partial charge in [0.25, 0.3) is 5.56 Å². The van der Waals surface area contributed by atoms with Gasteiger partial charge in [-0.2, -0.15) is 4.98 Å². The van der Waals surface area contributed by atoms with Crippen molar-refractivity contribution in [3.05, 3.63) is 44.2 Å². The Balaban J connectivity index is 1.66. The fourth-order valence-electron chi connectivity index (χ4n) is 4.28. The molecule has 0 unspecified atom stereocenters. The lowest BCUT2D eigenvalue weighted by molar-refractivity contribution is -0.123. The molecule has 31 heavy (non-hydrogen) atoms. The van der Waals surface area contributed by atoms with Crippen LogP contribution >= 0.6 is 23.2 Å². The van der Waals surface area contributed by atoms with Crippen LogP contribution in [0, 0.1) is 0 Å². The molecule has 0 spiro atoms. The predicted molar refractivity (Wildman–Crippen MR) is 121 cm³/mol. The third-order valence-corrected chi connectivity index (χ3v) is 6.19. The number of aromatic amines is 1. The van der Waals surface area contributed by atoms with Gasteiger partial charge >= 0.3 is 0 Å². The molecule has 4 rings (SSSR count). The standard InChI is InChI=1S/C21H23Cl2N5O3/c1-2-14-5-3-4-6-28(14)21-26-18-17(20(31)27-21)15(10-16(29)25-18)19(30)24-13-8-11(22)7-12(23)9-13/h7-9,14-15H,2-6,10H2,1H3,(H,24,30)(H2,25,26,27,29,31)/t14-,15+/m0/s1. The fraction of sp³-hybridized carbons (Fsp3) is 0.429. The smallest absolute Gasteiger partial charge is 0.258 e. The van der Waals surface area contributed by atoms with E-state index in [2.05, 4.69) is 32.4 Å². The maximum Gasteiger partial charge on any atom is 0.258 e. The molecule has 10 heteroatoms. The summed E-state index contributed by atoms with van der Waals surface area (Å²) in [5, 5.41) is 6.08. The molecule has 2 aliphatic heterocycles. The molecule has 1 saturated heterocycles. The maximum atomic E-state index is 13.0. The minimum atomic E-state index is -0.977. The average Bonchev–Trinajstić information content (AvgIpc) is 2.71. The molecule has 2 amide bonds. The molecule has 3 heterocycles. The second-order valence-electron chi connectivity index (χ2n) is 7.86. The summed E-state index contributed by atoms with van der Waals surface area (Å²) in [6.07, 6.45) is 3.95. The first-order valence-electron chi connectivity index (χ1n) is 10.3. The van der Waals surface area contributed by atoms with Gasteiger partial charge in [-0.25, -0.2) is 0 Å². The molecule has 2 aliphatic rings. The summed E-state index contributed by atoms with van der Waals surface area (Å²) in [4.78, 5) is 47.7. The second kappa shape index (κ2) is 8.88. The normalized spacial score (nSPS) is 20.7. The molecule has 0 radical (unpaired) electrons. The van der Waals surface area contributed by atoms with Crippen molar-refractivity contribution in [2.75, 3.05) is 22.1 Å². The van der Waals surface area contributed by atoms with Crippen molar-refractivity contribution in [3.63, 3.8) is 0 Å². The number of carbonyl (C=O) groups excluding carboxylic acids is 2. The number of carbonyl (C=O) groups is 2. The number of fused-ring (bicyclic) bond motifs is 1. The monoisotopic (exact) mass is 463 g/mol. The molecule has 0 aliphatic carbocycles. The first-order chi connectivity index (χ1) is 14.9. The van der Waals surface area contributed by atoms with Gasteiger partial charge in [0, 0.05) is 34.7 Å². The molecule has 1 aromatic heterocycles. The number of nitrogens with zero attached hydrogens (tertiary/aromatic N) is 2. The number of benzene rings is 1. The van der Waals surface area contributed by atoms with Gasteiger partial charge in [-0.1, -0.05) is 30.1 Å². The molecular weight excluding hydrogens is 441 g/mol. The number of nitrogens with one attached hydrogen (secondary N) is 3. The summed E-state index contributed by atoms with van der Waals surface area (Å²) in [5.41, 5.74) is 0.110. The van der Waals surface area contributed by atoms with Gasteiger partial charge in [-0.3, -0.25) is 19.4 Å². The van der Waals surface area contributed by atoms with Crippen LogP contribution in [0.1, 0.15) is 50.5 Å². The van der Waals surface area contributed by atoms with E-state index in [9.17, 15) is 14.4 Å². The van der Waals surface area contributed by atoms with Crippen molar-refractivity contribution in [2.45, 2.75) is 51.0 Å². The number of H-pyrrole nitrogens is 1. The van der Waals surface area contributed by atoms with E-state index in [0.29, 0.717) is 21.7 Å². The Morgan fingerprint density at radius 2 is 1.97 bits per heavy atom. The lowest BCUT2D eigenvalue weighted by Gasteiger charge is -2.36. The highest BCUT2D eigenvalue weighted by atomic mass is 35.5. The summed E-state index contributed by atoms with van der Waals surface area (Å²) >= 11 is 12.0. The van der Waals surface area contributed by atoms with Crippen LogP contribution in [0.2, 0.25) is 10.0 Å². The number of amides is 2. The Hall–Kier alpha value is -2.58. The van der Waals surface area contributed by atoms with Crippen LogP contribution < -0.4 is 21.1 Å². The van der Waals surface area contributed by atoms with Crippen molar-refractivity contribution in [1.82, 2.24) is 9.97 Å². The van der Waals surface area contributed by atoms with Crippen molar-refractivity contribution < 1.29 is 9.59 Å². The lowest BCUT2D eigenvalue weighted by Crippen LogP contribution is -2.43. The van der Waals surface area contributed by atoms with Crippen molar-refractivity contribution in [3.8, 4) is 0 Å². The number of aromatic nitrogens is 2. The van der Waals surface area contributed by atoms with Crippen LogP contribution in [0.4, 0.5) is 17.5 Å². The lowest BCUT2D eigenvalue weighted by atomic mass is 9.92. The van der Waals surface area contributed by atoms with Gasteiger partial charge in [-0.05, 0) is 43.9 Å². The van der Waals surface area contributed by atoms with Crippen molar-refractivity contribution in [2.24, 2.45) is 0 Å². The molecule has 8 nitrogen and oxygen atoms in total. The Morgan fingerprint density at radius 1 is 1.23 bits per heavy atom. The van der Waals surface area contributed by atoms with Crippen LogP contribution in [0.25, 0.3) is 0 Å². The van der Waals surface area contributed by atoms with Gasteiger partial charge in [-0.15, -0.1) is 0 Å². The minimum absolute atomic E-state index is 0.139. The first-order valence-corrected chi connectivity index (χ1v) is 11.1. The Labute approximate surface area is 189 Å². The summed E-state index contributed by atoms with van der Waals surface area (Å²) in [6, 6.07) is 4.91. The number of hydrogen-bond acceptors (Lipinski definition) is 5. The van der Waals surface area contributed by atoms with E-state index in [-0.39, 0.29) is 29.8 Å². The highest BCUT2D eigenvalue weighted by molar-refractivity contribution is 6.35. The van der Waals surface area contributed by atoms with E-state index in [0.717, 1.165) is 32.2 Å². The number of halogens is 2. The van der Waals surface area contributed by atoms with Gasteiger partial charge < -0.3 is 15.5 Å². The molecular formula is C21H23Cl2N5O3. The zero-order valence-electron chi connectivity index (χ0n) is 17.0. The SMILES string of the molecule is CC[C@H]1CCCCN1c1nc2c(c(=O)[nH]1)[C@H](C(=O)Nc1cc(Cl)cc(Cl)c1)CC(=O)N2. The topological polar surface area (TPSA) is 107 Å². The van der Waals surface area contributed by atoms with Gasteiger partial charge in [0.05, 0.1) is 11.5 Å². The number of anilines is 3. The third-order valence-electron chi connectivity index (χ3n) is 5.76.